The van der Waals surface area contributed by atoms with Gasteiger partial charge in [0.15, 0.2) is 0 Å². The molecule has 1 aliphatic heterocycles. The maximum Gasteiger partial charge on any atom is 0.106 e. The molecule has 4 rings (SSSR count). The second kappa shape index (κ2) is 8.36. The number of aryl methyl sites for hydroxylation is 2. The molecule has 1 aliphatic carbocycles. The number of hydrogen-bond donors (Lipinski definition) is 1. The standard InChI is InChI=1S/C22H32N4/c1-2-3-8-22-23-16-20(24-22)17-25-11-13-26(14-12-25)21-10-9-18-6-4-5-7-19(18)15-21/h4-7,16,21H,2-3,8-15,17H2,1H3,(H,23,24)/t21-/m1/s1. The Morgan fingerprint density at radius 3 is 2.73 bits per heavy atom. The number of piperazine rings is 1. The van der Waals surface area contributed by atoms with E-state index < -0.39 is 0 Å². The summed E-state index contributed by atoms with van der Waals surface area (Å²) in [5.41, 5.74) is 4.42. The van der Waals surface area contributed by atoms with E-state index in [4.69, 9.17) is 0 Å². The minimum atomic E-state index is 0.736. The van der Waals surface area contributed by atoms with Crippen LogP contribution in [0.15, 0.2) is 30.5 Å². The molecule has 140 valence electrons. The molecule has 4 heteroatoms. The number of hydrogen-bond acceptors (Lipinski definition) is 3. The van der Waals surface area contributed by atoms with E-state index in [0.29, 0.717) is 0 Å². The van der Waals surface area contributed by atoms with E-state index in [0.717, 1.165) is 24.8 Å². The highest BCUT2D eigenvalue weighted by Gasteiger charge is 2.27. The van der Waals surface area contributed by atoms with Gasteiger partial charge in [0.1, 0.15) is 5.82 Å². The van der Waals surface area contributed by atoms with E-state index in [-0.39, 0.29) is 0 Å². The highest BCUT2D eigenvalue weighted by atomic mass is 15.3. The lowest BCUT2D eigenvalue weighted by Crippen LogP contribution is -2.51. The molecule has 0 amide bonds. The van der Waals surface area contributed by atoms with Crippen molar-refractivity contribution in [1.82, 2.24) is 19.8 Å². The molecular formula is C22H32N4. The number of unbranched alkanes of at least 4 members (excludes halogenated alkanes) is 1. The largest absolute Gasteiger partial charge is 0.345 e. The van der Waals surface area contributed by atoms with Crippen LogP contribution in [0.4, 0.5) is 0 Å². The Labute approximate surface area is 157 Å². The molecular weight excluding hydrogens is 320 g/mol. The van der Waals surface area contributed by atoms with Crippen molar-refractivity contribution in [3.63, 3.8) is 0 Å². The first-order valence-corrected chi connectivity index (χ1v) is 10.4. The zero-order valence-electron chi connectivity index (χ0n) is 16.1. The molecule has 2 aliphatic rings. The maximum atomic E-state index is 4.54. The van der Waals surface area contributed by atoms with E-state index in [1.807, 2.05) is 6.20 Å². The average Bonchev–Trinajstić information content (AvgIpc) is 3.14. The molecule has 0 radical (unpaired) electrons. The van der Waals surface area contributed by atoms with Gasteiger partial charge in [-0.15, -0.1) is 0 Å². The molecule has 2 aromatic rings. The van der Waals surface area contributed by atoms with Crippen molar-refractivity contribution in [2.45, 2.75) is 58.0 Å². The molecule has 0 unspecified atom stereocenters. The second-order valence-electron chi connectivity index (χ2n) is 7.94. The van der Waals surface area contributed by atoms with Crippen LogP contribution in [0.3, 0.4) is 0 Å². The van der Waals surface area contributed by atoms with Crippen LogP contribution in [0.1, 0.15) is 48.8 Å². The SMILES string of the molecule is CCCCc1ncc(CN2CCN([C@@H]3CCc4ccccc4C3)CC2)[nH]1. The quantitative estimate of drug-likeness (QED) is 0.865. The number of imidazole rings is 1. The number of nitrogens with one attached hydrogen (secondary N) is 1. The van der Waals surface area contributed by atoms with Gasteiger partial charge < -0.3 is 4.98 Å². The third-order valence-electron chi connectivity index (χ3n) is 6.09. The molecule has 1 N–H and O–H groups in total. The lowest BCUT2D eigenvalue weighted by atomic mass is 9.87. The fraction of sp³-hybridized carbons (Fsp3) is 0.591. The Morgan fingerprint density at radius 2 is 1.92 bits per heavy atom. The van der Waals surface area contributed by atoms with Crippen LogP contribution in [0.2, 0.25) is 0 Å². The van der Waals surface area contributed by atoms with Crippen molar-refractivity contribution in [2.75, 3.05) is 26.2 Å². The maximum absolute atomic E-state index is 4.54. The van der Waals surface area contributed by atoms with Crippen LogP contribution < -0.4 is 0 Å². The molecule has 26 heavy (non-hydrogen) atoms. The predicted molar refractivity (Wildman–Crippen MR) is 106 cm³/mol. The Morgan fingerprint density at radius 1 is 1.12 bits per heavy atom. The first kappa shape index (κ1) is 17.7. The number of aromatic nitrogens is 2. The summed E-state index contributed by atoms with van der Waals surface area (Å²) in [6.45, 7) is 7.98. The summed E-state index contributed by atoms with van der Waals surface area (Å²) in [5.74, 6) is 1.15. The van der Waals surface area contributed by atoms with Gasteiger partial charge in [-0.25, -0.2) is 4.98 Å². The van der Waals surface area contributed by atoms with E-state index in [1.54, 1.807) is 11.1 Å². The summed E-state index contributed by atoms with van der Waals surface area (Å²) >= 11 is 0. The summed E-state index contributed by atoms with van der Waals surface area (Å²) in [6.07, 6.45) is 9.36. The van der Waals surface area contributed by atoms with Gasteiger partial charge in [-0.05, 0) is 36.8 Å². The van der Waals surface area contributed by atoms with Gasteiger partial charge in [0, 0.05) is 57.1 Å². The van der Waals surface area contributed by atoms with Crippen LogP contribution in [-0.4, -0.2) is 52.0 Å². The fourth-order valence-electron chi connectivity index (χ4n) is 4.48. The van der Waals surface area contributed by atoms with E-state index >= 15 is 0 Å². The summed E-state index contributed by atoms with van der Waals surface area (Å²) in [5, 5.41) is 0. The number of H-pyrrole nitrogens is 1. The highest BCUT2D eigenvalue weighted by Crippen LogP contribution is 2.25. The van der Waals surface area contributed by atoms with Gasteiger partial charge in [0.05, 0.1) is 0 Å². The Hall–Kier alpha value is -1.65. The van der Waals surface area contributed by atoms with E-state index in [1.165, 1.54) is 64.0 Å². The van der Waals surface area contributed by atoms with E-state index in [2.05, 4.69) is 51.0 Å². The summed E-state index contributed by atoms with van der Waals surface area (Å²) in [6, 6.07) is 9.74. The monoisotopic (exact) mass is 352 g/mol. The summed E-state index contributed by atoms with van der Waals surface area (Å²) in [7, 11) is 0. The molecule has 1 aromatic heterocycles. The lowest BCUT2D eigenvalue weighted by Gasteiger charge is -2.41. The lowest BCUT2D eigenvalue weighted by molar-refractivity contribution is 0.0850. The van der Waals surface area contributed by atoms with E-state index in [9.17, 15) is 0 Å². The predicted octanol–water partition coefficient (Wildman–Crippen LogP) is 3.43. The molecule has 0 saturated carbocycles. The third-order valence-corrected chi connectivity index (χ3v) is 6.09. The Kier molecular flexibility index (Phi) is 5.71. The van der Waals surface area contributed by atoms with Gasteiger partial charge in [-0.3, -0.25) is 9.80 Å². The van der Waals surface area contributed by atoms with Gasteiger partial charge in [0.2, 0.25) is 0 Å². The minimum absolute atomic E-state index is 0.736. The topological polar surface area (TPSA) is 35.2 Å². The number of fused-ring (bicyclic) bond motifs is 1. The average molecular weight is 353 g/mol. The van der Waals surface area contributed by atoms with Crippen molar-refractivity contribution in [3.8, 4) is 0 Å². The van der Waals surface area contributed by atoms with Gasteiger partial charge >= 0.3 is 0 Å². The third kappa shape index (κ3) is 4.18. The van der Waals surface area contributed by atoms with Crippen molar-refractivity contribution in [2.24, 2.45) is 0 Å². The van der Waals surface area contributed by atoms with Crippen molar-refractivity contribution >= 4 is 0 Å². The Balaban J connectivity index is 1.26. The number of rotatable bonds is 6. The van der Waals surface area contributed by atoms with Crippen molar-refractivity contribution < 1.29 is 0 Å². The molecule has 2 heterocycles. The molecule has 1 saturated heterocycles. The smallest absolute Gasteiger partial charge is 0.106 e. The van der Waals surface area contributed by atoms with Gasteiger partial charge in [0.25, 0.3) is 0 Å². The molecule has 0 spiro atoms. The first-order chi connectivity index (χ1) is 12.8. The highest BCUT2D eigenvalue weighted by molar-refractivity contribution is 5.30. The number of nitrogens with zero attached hydrogens (tertiary/aromatic N) is 3. The van der Waals surface area contributed by atoms with Crippen LogP contribution >= 0.6 is 0 Å². The van der Waals surface area contributed by atoms with Gasteiger partial charge in [-0.2, -0.15) is 0 Å². The normalized spacial score (nSPS) is 21.7. The molecule has 0 bridgehead atoms. The van der Waals surface area contributed by atoms with Crippen molar-refractivity contribution in [1.29, 1.82) is 0 Å². The van der Waals surface area contributed by atoms with Crippen LogP contribution in [-0.2, 0) is 25.8 Å². The summed E-state index contributed by atoms with van der Waals surface area (Å²) in [4.78, 5) is 13.4. The first-order valence-electron chi connectivity index (χ1n) is 10.4. The fourth-order valence-corrected chi connectivity index (χ4v) is 4.48. The summed E-state index contributed by atoms with van der Waals surface area (Å²) < 4.78 is 0. The Bertz CT molecular complexity index is 700. The molecule has 1 aromatic carbocycles. The number of aromatic amines is 1. The molecule has 1 fully saturated rings. The minimum Gasteiger partial charge on any atom is -0.345 e. The second-order valence-corrected chi connectivity index (χ2v) is 7.94. The van der Waals surface area contributed by atoms with Crippen LogP contribution in [0, 0.1) is 0 Å². The molecule has 1 atom stereocenters. The molecule has 4 nitrogen and oxygen atoms in total. The van der Waals surface area contributed by atoms with Crippen molar-refractivity contribution in [3.05, 3.63) is 53.1 Å². The van der Waals surface area contributed by atoms with Crippen LogP contribution in [0.25, 0.3) is 0 Å². The van der Waals surface area contributed by atoms with Crippen LogP contribution in [0.5, 0.6) is 0 Å². The zero-order valence-corrected chi connectivity index (χ0v) is 16.1. The number of benzene rings is 1. The zero-order chi connectivity index (χ0) is 17.8. The van der Waals surface area contributed by atoms with Gasteiger partial charge in [-0.1, -0.05) is 37.6 Å².